The van der Waals surface area contributed by atoms with Crippen molar-refractivity contribution in [2.24, 2.45) is 0 Å². The maximum atomic E-state index is 13.1. The van der Waals surface area contributed by atoms with E-state index in [0.29, 0.717) is 32.1 Å². The van der Waals surface area contributed by atoms with E-state index in [1.807, 2.05) is 24.3 Å². The summed E-state index contributed by atoms with van der Waals surface area (Å²) in [6.07, 6.45) is 59.1. The van der Waals surface area contributed by atoms with Crippen molar-refractivity contribution in [3.05, 3.63) is 122 Å². The van der Waals surface area contributed by atoms with Crippen LogP contribution in [0.5, 0.6) is 0 Å². The minimum Gasteiger partial charge on any atom is -0.479 e. The summed E-state index contributed by atoms with van der Waals surface area (Å²) in [5.74, 6) is -3.33. The van der Waals surface area contributed by atoms with Gasteiger partial charge >= 0.3 is 23.9 Å². The molecular formula is C65H102O12. The van der Waals surface area contributed by atoms with Gasteiger partial charge in [-0.1, -0.05) is 206 Å². The first-order valence-electron chi connectivity index (χ1n) is 29.5. The van der Waals surface area contributed by atoms with Gasteiger partial charge in [0.2, 0.25) is 0 Å². The van der Waals surface area contributed by atoms with Crippen molar-refractivity contribution in [2.75, 3.05) is 13.2 Å². The Morgan fingerprint density at radius 2 is 0.857 bits per heavy atom. The molecule has 434 valence electrons. The molecule has 1 saturated heterocycles. The molecule has 77 heavy (non-hydrogen) atoms. The third-order valence-corrected chi connectivity index (χ3v) is 12.5. The van der Waals surface area contributed by atoms with Crippen LogP contribution >= 0.6 is 0 Å². The Balaban J connectivity index is 2.76. The zero-order valence-electron chi connectivity index (χ0n) is 47.7. The minimum absolute atomic E-state index is 0.0229. The van der Waals surface area contributed by atoms with Crippen molar-refractivity contribution in [3.63, 3.8) is 0 Å². The summed E-state index contributed by atoms with van der Waals surface area (Å²) in [4.78, 5) is 51.1. The molecule has 12 heteroatoms. The standard InChI is InChI=1S/C65H102O12/c1-4-7-10-13-16-19-22-25-27-29-31-34-36-39-42-45-48-51-57(66)73-54-56(75-58(67)52-49-46-43-40-37-33-24-21-18-15-12-9-6-3)55-74-65-63(61(70)60(69)62(77-65)64(71)72)76-59(68)53-50-47-44-41-38-35-32-30-28-26-23-20-17-14-11-8-5-2/h7,9-10,12,16,18-19,21,25-28,31,33-34,37,39,42-43,46,56,60-63,65,69-70H,4-6,8,11,13-15,17,20,22-24,29-30,32,35-36,38,40-41,44-45,47-55H2,1-3H3,(H,71,72)/b10-7-,12-9-,19-16-,21-18-,27-25-,28-26-,34-31-,37-33-,42-39-,46-43-. The number of carboxylic acids is 1. The number of aliphatic hydroxyl groups excluding tert-OH is 2. The van der Waals surface area contributed by atoms with Crippen LogP contribution in [0.15, 0.2) is 122 Å². The fourth-order valence-corrected chi connectivity index (χ4v) is 8.06. The first-order valence-corrected chi connectivity index (χ1v) is 29.5. The highest BCUT2D eigenvalue weighted by Gasteiger charge is 2.50. The number of carbonyl (C=O) groups is 4. The molecule has 6 atom stereocenters. The number of carbonyl (C=O) groups excluding carboxylic acids is 3. The lowest BCUT2D eigenvalue weighted by atomic mass is 9.98. The number of allylic oxidation sites excluding steroid dienone is 20. The van der Waals surface area contributed by atoms with Crippen molar-refractivity contribution < 1.29 is 58.2 Å². The van der Waals surface area contributed by atoms with Crippen LogP contribution in [0.25, 0.3) is 0 Å². The van der Waals surface area contributed by atoms with Gasteiger partial charge in [0.1, 0.15) is 18.8 Å². The van der Waals surface area contributed by atoms with Crippen molar-refractivity contribution in [1.82, 2.24) is 0 Å². The molecule has 6 unspecified atom stereocenters. The van der Waals surface area contributed by atoms with Gasteiger partial charge in [0.05, 0.1) is 6.61 Å². The molecule has 0 amide bonds. The summed E-state index contributed by atoms with van der Waals surface area (Å²) in [5.41, 5.74) is 0. The zero-order chi connectivity index (χ0) is 56.1. The highest BCUT2D eigenvalue weighted by molar-refractivity contribution is 5.74. The fraction of sp³-hybridized carbons (Fsp3) is 0.631. The average Bonchev–Trinajstić information content (AvgIpc) is 3.42. The van der Waals surface area contributed by atoms with Crippen LogP contribution in [0.1, 0.15) is 213 Å². The molecule has 1 aliphatic rings. The number of hydrogen-bond acceptors (Lipinski definition) is 11. The van der Waals surface area contributed by atoms with E-state index in [1.54, 1.807) is 0 Å². The molecule has 3 N–H and O–H groups in total. The molecule has 1 heterocycles. The second-order valence-corrected chi connectivity index (χ2v) is 19.5. The summed E-state index contributed by atoms with van der Waals surface area (Å²) in [6.45, 7) is 5.63. The van der Waals surface area contributed by atoms with E-state index in [0.717, 1.165) is 103 Å². The van der Waals surface area contributed by atoms with Crippen LogP contribution in [0.3, 0.4) is 0 Å². The predicted octanol–water partition coefficient (Wildman–Crippen LogP) is 15.2. The molecule has 0 aromatic rings. The Morgan fingerprint density at radius 3 is 1.35 bits per heavy atom. The van der Waals surface area contributed by atoms with Gasteiger partial charge in [0, 0.05) is 19.3 Å². The number of aliphatic carboxylic acids is 1. The second kappa shape index (κ2) is 51.9. The summed E-state index contributed by atoms with van der Waals surface area (Å²) < 4.78 is 28.3. The summed E-state index contributed by atoms with van der Waals surface area (Å²) in [7, 11) is 0. The highest BCUT2D eigenvalue weighted by Crippen LogP contribution is 2.26. The normalized spacial score (nSPS) is 18.9. The number of rotatable bonds is 48. The molecule has 0 aromatic heterocycles. The summed E-state index contributed by atoms with van der Waals surface area (Å²) in [6, 6.07) is 0. The van der Waals surface area contributed by atoms with Crippen LogP contribution in [0.2, 0.25) is 0 Å². The number of carboxylic acid groups (broad SMARTS) is 1. The van der Waals surface area contributed by atoms with E-state index in [2.05, 4.69) is 118 Å². The molecule has 12 nitrogen and oxygen atoms in total. The van der Waals surface area contributed by atoms with Gasteiger partial charge in [0.25, 0.3) is 0 Å². The SMILES string of the molecule is CC/C=C\C/C=C\C/C=C\C/C=C\C/C=C\CCCC(=O)OCC(COC1OC(C(=O)O)C(O)C(O)C1OC(=O)CCCCCCCCC/C=C\CCCCCCCC)OC(=O)CC/C=C\C/C=C\C/C=C\C/C=C\CC. The van der Waals surface area contributed by atoms with Gasteiger partial charge in [-0.05, 0) is 109 Å². The third kappa shape index (κ3) is 41.8. The largest absolute Gasteiger partial charge is 0.479 e. The third-order valence-electron chi connectivity index (χ3n) is 12.5. The van der Waals surface area contributed by atoms with Gasteiger partial charge in [-0.2, -0.15) is 0 Å². The molecule has 0 spiro atoms. The number of hydrogen-bond donors (Lipinski definition) is 3. The Kier molecular flexibility index (Phi) is 47.2. The van der Waals surface area contributed by atoms with E-state index in [9.17, 15) is 34.5 Å². The summed E-state index contributed by atoms with van der Waals surface area (Å²) >= 11 is 0. The maximum absolute atomic E-state index is 13.1. The van der Waals surface area contributed by atoms with Crippen molar-refractivity contribution >= 4 is 23.9 Å². The van der Waals surface area contributed by atoms with Crippen molar-refractivity contribution in [1.29, 1.82) is 0 Å². The number of unbranched alkanes of at least 4 members (excludes halogenated alkanes) is 14. The Hall–Kier alpha value is -4.88. The molecule has 0 radical (unpaired) electrons. The van der Waals surface area contributed by atoms with E-state index in [4.69, 9.17) is 23.7 Å². The predicted molar refractivity (Wildman–Crippen MR) is 312 cm³/mol. The van der Waals surface area contributed by atoms with Crippen LogP contribution in [0, 0.1) is 0 Å². The minimum atomic E-state index is -1.93. The Bertz CT molecular complexity index is 1800. The van der Waals surface area contributed by atoms with E-state index in [1.165, 1.54) is 38.5 Å². The van der Waals surface area contributed by atoms with Crippen molar-refractivity contribution in [3.8, 4) is 0 Å². The van der Waals surface area contributed by atoms with Crippen molar-refractivity contribution in [2.45, 2.75) is 250 Å². The molecule has 0 aromatic carbocycles. The molecule has 0 bridgehead atoms. The number of ether oxygens (including phenoxy) is 5. The monoisotopic (exact) mass is 1070 g/mol. The summed E-state index contributed by atoms with van der Waals surface area (Å²) in [5, 5.41) is 31.5. The lowest BCUT2D eigenvalue weighted by Crippen LogP contribution is -2.61. The molecule has 1 rings (SSSR count). The van der Waals surface area contributed by atoms with Crippen LogP contribution in [0.4, 0.5) is 0 Å². The first-order chi connectivity index (χ1) is 37.6. The van der Waals surface area contributed by atoms with Crippen LogP contribution < -0.4 is 0 Å². The van der Waals surface area contributed by atoms with Gasteiger partial charge in [-0.15, -0.1) is 0 Å². The van der Waals surface area contributed by atoms with Gasteiger partial charge in [-0.25, -0.2) is 4.79 Å². The molecular weight excluding hydrogens is 973 g/mol. The lowest BCUT2D eigenvalue weighted by molar-refractivity contribution is -0.301. The Labute approximate surface area is 465 Å². The van der Waals surface area contributed by atoms with E-state index < -0.39 is 67.3 Å². The molecule has 1 aliphatic heterocycles. The zero-order valence-corrected chi connectivity index (χ0v) is 47.7. The highest BCUT2D eigenvalue weighted by atomic mass is 16.7. The quantitative estimate of drug-likeness (QED) is 0.0228. The lowest BCUT2D eigenvalue weighted by Gasteiger charge is -2.40. The smallest absolute Gasteiger partial charge is 0.335 e. The maximum Gasteiger partial charge on any atom is 0.335 e. The average molecular weight is 1080 g/mol. The fourth-order valence-electron chi connectivity index (χ4n) is 8.06. The second-order valence-electron chi connectivity index (χ2n) is 19.5. The number of aliphatic hydroxyl groups is 2. The van der Waals surface area contributed by atoms with Gasteiger partial charge < -0.3 is 39.0 Å². The first kappa shape index (κ1) is 70.1. The van der Waals surface area contributed by atoms with Gasteiger partial charge in [-0.3, -0.25) is 14.4 Å². The van der Waals surface area contributed by atoms with E-state index >= 15 is 0 Å². The van der Waals surface area contributed by atoms with E-state index in [-0.39, 0.29) is 25.9 Å². The van der Waals surface area contributed by atoms with Crippen LogP contribution in [-0.2, 0) is 42.9 Å². The molecule has 0 saturated carbocycles. The topological polar surface area (TPSA) is 175 Å². The number of esters is 3. The van der Waals surface area contributed by atoms with Gasteiger partial charge in [0.15, 0.2) is 24.6 Å². The Morgan fingerprint density at radius 1 is 0.442 bits per heavy atom. The molecule has 1 fully saturated rings. The molecule has 0 aliphatic carbocycles. The van der Waals surface area contributed by atoms with Crippen LogP contribution in [-0.4, -0.2) is 89.2 Å².